The summed E-state index contributed by atoms with van der Waals surface area (Å²) in [6.45, 7) is 2.33. The van der Waals surface area contributed by atoms with E-state index >= 15 is 0 Å². The lowest BCUT2D eigenvalue weighted by atomic mass is 10.2. The van der Waals surface area contributed by atoms with Crippen molar-refractivity contribution in [3.05, 3.63) is 35.4 Å². The van der Waals surface area contributed by atoms with Crippen LogP contribution >= 0.6 is 11.6 Å². The quantitative estimate of drug-likeness (QED) is 0.909. The van der Waals surface area contributed by atoms with E-state index in [1.165, 1.54) is 0 Å². The molecule has 0 amide bonds. The summed E-state index contributed by atoms with van der Waals surface area (Å²) in [5.41, 5.74) is 6.60. The van der Waals surface area contributed by atoms with E-state index < -0.39 is 0 Å². The molecule has 2 rings (SSSR count). The van der Waals surface area contributed by atoms with Gasteiger partial charge in [-0.05, 0) is 6.92 Å². The van der Waals surface area contributed by atoms with Gasteiger partial charge in [0.2, 0.25) is 5.88 Å². The summed E-state index contributed by atoms with van der Waals surface area (Å²) in [5, 5.41) is 0.256. The average molecular weight is 250 g/mol. The highest BCUT2D eigenvalue weighted by Crippen LogP contribution is 2.29. The second kappa shape index (κ2) is 5.01. The zero-order valence-electron chi connectivity index (χ0n) is 9.35. The Kier molecular flexibility index (Phi) is 3.44. The van der Waals surface area contributed by atoms with Crippen molar-refractivity contribution in [3.63, 3.8) is 0 Å². The Labute approximate surface area is 104 Å². The van der Waals surface area contributed by atoms with Gasteiger partial charge in [0.15, 0.2) is 5.82 Å². The second-order valence-electron chi connectivity index (χ2n) is 3.35. The van der Waals surface area contributed by atoms with Crippen molar-refractivity contribution in [2.45, 2.75) is 6.92 Å². The van der Waals surface area contributed by atoms with Gasteiger partial charge in [-0.1, -0.05) is 41.9 Å². The van der Waals surface area contributed by atoms with Gasteiger partial charge in [0, 0.05) is 5.56 Å². The van der Waals surface area contributed by atoms with Crippen molar-refractivity contribution >= 4 is 17.4 Å². The summed E-state index contributed by atoms with van der Waals surface area (Å²) in [6.07, 6.45) is 0. The van der Waals surface area contributed by atoms with Gasteiger partial charge in [-0.3, -0.25) is 0 Å². The fourth-order valence-electron chi connectivity index (χ4n) is 1.39. The van der Waals surface area contributed by atoms with Crippen LogP contribution in [0.3, 0.4) is 0 Å². The summed E-state index contributed by atoms with van der Waals surface area (Å²) >= 11 is 5.96. The highest BCUT2D eigenvalue weighted by molar-refractivity contribution is 6.34. The van der Waals surface area contributed by atoms with E-state index in [1.807, 2.05) is 37.3 Å². The molecule has 17 heavy (non-hydrogen) atoms. The van der Waals surface area contributed by atoms with E-state index in [0.717, 1.165) is 5.56 Å². The fraction of sp³-hybridized carbons (Fsp3) is 0.167. The van der Waals surface area contributed by atoms with Crippen LogP contribution < -0.4 is 10.5 Å². The highest BCUT2D eigenvalue weighted by Gasteiger charge is 2.12. The first-order valence-electron chi connectivity index (χ1n) is 5.23. The topological polar surface area (TPSA) is 61.0 Å². The minimum absolute atomic E-state index is 0.226. The third-order valence-electron chi connectivity index (χ3n) is 2.16. The molecule has 2 N–H and O–H groups in total. The van der Waals surface area contributed by atoms with Crippen molar-refractivity contribution in [2.24, 2.45) is 0 Å². The minimum atomic E-state index is 0.226. The predicted octanol–water partition coefficient (Wildman–Crippen LogP) is 2.78. The Morgan fingerprint density at radius 1 is 1.24 bits per heavy atom. The molecule has 0 bridgehead atoms. The lowest BCUT2D eigenvalue weighted by molar-refractivity contribution is 0.327. The predicted molar refractivity (Wildman–Crippen MR) is 68.1 cm³/mol. The van der Waals surface area contributed by atoms with Crippen molar-refractivity contribution < 1.29 is 4.74 Å². The Morgan fingerprint density at radius 3 is 2.59 bits per heavy atom. The first kappa shape index (κ1) is 11.7. The second-order valence-corrected chi connectivity index (χ2v) is 3.73. The number of nitrogen functional groups attached to an aromatic ring is 1. The fourth-order valence-corrected chi connectivity index (χ4v) is 1.53. The molecule has 1 aromatic heterocycles. The van der Waals surface area contributed by atoms with Gasteiger partial charge in [-0.2, -0.15) is 4.98 Å². The lowest BCUT2D eigenvalue weighted by Gasteiger charge is -2.08. The van der Waals surface area contributed by atoms with Gasteiger partial charge in [-0.15, -0.1) is 0 Å². The van der Waals surface area contributed by atoms with Gasteiger partial charge >= 0.3 is 0 Å². The molecular weight excluding hydrogens is 238 g/mol. The van der Waals surface area contributed by atoms with Crippen LogP contribution in [0.5, 0.6) is 5.88 Å². The van der Waals surface area contributed by atoms with Crippen molar-refractivity contribution in [1.82, 2.24) is 9.97 Å². The largest absolute Gasteiger partial charge is 0.477 e. The number of rotatable bonds is 3. The van der Waals surface area contributed by atoms with E-state index in [-0.39, 0.29) is 10.8 Å². The SMILES string of the molecule is CCOc1nc(-c2ccccc2)nc(N)c1Cl. The Morgan fingerprint density at radius 2 is 1.94 bits per heavy atom. The van der Waals surface area contributed by atoms with Gasteiger partial charge < -0.3 is 10.5 Å². The third-order valence-corrected chi connectivity index (χ3v) is 2.51. The van der Waals surface area contributed by atoms with E-state index in [0.29, 0.717) is 18.3 Å². The van der Waals surface area contributed by atoms with Crippen LogP contribution in [0, 0.1) is 0 Å². The molecule has 4 nitrogen and oxygen atoms in total. The number of aromatic nitrogens is 2. The van der Waals surface area contributed by atoms with Gasteiger partial charge in [0.05, 0.1) is 6.61 Å². The van der Waals surface area contributed by atoms with E-state index in [1.54, 1.807) is 0 Å². The molecule has 0 spiro atoms. The Balaban J connectivity index is 2.49. The molecule has 88 valence electrons. The van der Waals surface area contributed by atoms with E-state index in [2.05, 4.69) is 9.97 Å². The molecular formula is C12H12ClN3O. The first-order valence-corrected chi connectivity index (χ1v) is 5.61. The van der Waals surface area contributed by atoms with Crippen LogP contribution in [0.4, 0.5) is 5.82 Å². The van der Waals surface area contributed by atoms with Crippen molar-refractivity contribution in [2.75, 3.05) is 12.3 Å². The number of hydrogen-bond donors (Lipinski definition) is 1. The van der Waals surface area contributed by atoms with E-state index in [9.17, 15) is 0 Å². The molecule has 0 atom stereocenters. The molecule has 0 aliphatic rings. The maximum atomic E-state index is 5.96. The minimum Gasteiger partial charge on any atom is -0.477 e. The summed E-state index contributed by atoms with van der Waals surface area (Å²) in [6, 6.07) is 9.54. The van der Waals surface area contributed by atoms with E-state index in [4.69, 9.17) is 22.1 Å². The van der Waals surface area contributed by atoms with Crippen molar-refractivity contribution in [3.8, 4) is 17.3 Å². The number of benzene rings is 1. The Hall–Kier alpha value is -1.81. The molecule has 0 saturated heterocycles. The molecule has 0 aliphatic heterocycles. The molecule has 0 saturated carbocycles. The van der Waals surface area contributed by atoms with Crippen LogP contribution in [0.15, 0.2) is 30.3 Å². The highest BCUT2D eigenvalue weighted by atomic mass is 35.5. The molecule has 2 aromatic rings. The molecule has 1 heterocycles. The zero-order chi connectivity index (χ0) is 12.3. The molecule has 5 heteroatoms. The maximum absolute atomic E-state index is 5.96. The van der Waals surface area contributed by atoms with Crippen LogP contribution in [-0.2, 0) is 0 Å². The van der Waals surface area contributed by atoms with Crippen LogP contribution in [0.2, 0.25) is 5.02 Å². The lowest BCUT2D eigenvalue weighted by Crippen LogP contribution is -2.02. The smallest absolute Gasteiger partial charge is 0.238 e. The molecule has 0 aliphatic carbocycles. The summed E-state index contributed by atoms with van der Waals surface area (Å²) < 4.78 is 5.32. The molecule has 1 aromatic carbocycles. The maximum Gasteiger partial charge on any atom is 0.238 e. The molecule has 0 fully saturated rings. The number of hydrogen-bond acceptors (Lipinski definition) is 4. The monoisotopic (exact) mass is 249 g/mol. The number of nitrogens with zero attached hydrogens (tertiary/aromatic N) is 2. The van der Waals surface area contributed by atoms with Crippen LogP contribution in [0.1, 0.15) is 6.92 Å². The number of nitrogens with two attached hydrogens (primary N) is 1. The van der Waals surface area contributed by atoms with Gasteiger partial charge in [-0.25, -0.2) is 4.98 Å². The first-order chi connectivity index (χ1) is 8.22. The summed E-state index contributed by atoms with van der Waals surface area (Å²) in [7, 11) is 0. The Bertz CT molecular complexity index is 517. The van der Waals surface area contributed by atoms with Crippen LogP contribution in [0.25, 0.3) is 11.4 Å². The summed E-state index contributed by atoms with van der Waals surface area (Å²) in [4.78, 5) is 8.39. The summed E-state index contributed by atoms with van der Waals surface area (Å²) in [5.74, 6) is 1.06. The van der Waals surface area contributed by atoms with Gasteiger partial charge in [0.25, 0.3) is 0 Å². The standard InChI is InChI=1S/C12H12ClN3O/c1-2-17-12-9(13)10(14)15-11(16-12)8-6-4-3-5-7-8/h3-7H,2H2,1H3,(H2,14,15,16). The third kappa shape index (κ3) is 2.47. The average Bonchev–Trinajstić information content (AvgIpc) is 2.36. The van der Waals surface area contributed by atoms with Gasteiger partial charge in [0.1, 0.15) is 10.8 Å². The molecule has 0 radical (unpaired) electrons. The normalized spacial score (nSPS) is 10.2. The van der Waals surface area contributed by atoms with Crippen LogP contribution in [-0.4, -0.2) is 16.6 Å². The van der Waals surface area contributed by atoms with Crippen molar-refractivity contribution in [1.29, 1.82) is 0 Å². The molecule has 0 unspecified atom stereocenters. The number of ether oxygens (including phenoxy) is 1. The zero-order valence-corrected chi connectivity index (χ0v) is 10.1. The number of anilines is 1. The number of halogens is 1.